The summed E-state index contributed by atoms with van der Waals surface area (Å²) in [5, 5.41) is 13.4. The average Bonchev–Trinajstić information content (AvgIpc) is 2.77. The lowest BCUT2D eigenvalue weighted by Crippen LogP contribution is -2.53. The van der Waals surface area contributed by atoms with Gasteiger partial charge in [0.25, 0.3) is 11.6 Å². The molecule has 1 amide bonds. The van der Waals surface area contributed by atoms with Gasteiger partial charge in [-0.05, 0) is 25.2 Å². The van der Waals surface area contributed by atoms with E-state index in [1.807, 2.05) is 0 Å². The first-order valence-corrected chi connectivity index (χ1v) is 9.55. The molecule has 1 aliphatic heterocycles. The number of anilines is 1. The Hall–Kier alpha value is -3.35. The monoisotopic (exact) mass is 474 g/mol. The molecule has 0 saturated carbocycles. The van der Waals surface area contributed by atoms with Crippen molar-refractivity contribution in [1.29, 1.82) is 0 Å². The first kappa shape index (κ1) is 23.3. The smallest absolute Gasteiger partial charge is 0.273 e. The molecular formula is C19H15F5N4O3S. The Bertz CT molecular complexity index is 1090. The van der Waals surface area contributed by atoms with Crippen molar-refractivity contribution in [2.75, 3.05) is 31.1 Å². The minimum Gasteiger partial charge on any atom is -0.363 e. The van der Waals surface area contributed by atoms with Crippen LogP contribution in [-0.2, 0) is 0 Å². The zero-order valence-electron chi connectivity index (χ0n) is 16.4. The zero-order chi connectivity index (χ0) is 23.7. The van der Waals surface area contributed by atoms with Crippen LogP contribution < -0.4 is 10.2 Å². The van der Waals surface area contributed by atoms with Gasteiger partial charge in [-0.1, -0.05) is 6.07 Å². The number of benzene rings is 2. The maximum absolute atomic E-state index is 14.0. The first-order chi connectivity index (χ1) is 15.0. The van der Waals surface area contributed by atoms with Gasteiger partial charge in [0.1, 0.15) is 5.69 Å². The molecule has 3 rings (SSSR count). The van der Waals surface area contributed by atoms with Crippen LogP contribution in [0.25, 0.3) is 0 Å². The summed E-state index contributed by atoms with van der Waals surface area (Å²) in [6.45, 7) is 1.29. The second-order valence-electron chi connectivity index (χ2n) is 6.91. The molecule has 170 valence electrons. The first-order valence-electron chi connectivity index (χ1n) is 9.14. The summed E-state index contributed by atoms with van der Waals surface area (Å²) in [4.78, 5) is 25.3. The molecule has 0 aliphatic carbocycles. The van der Waals surface area contributed by atoms with Gasteiger partial charge in [-0.2, -0.15) is 0 Å². The van der Waals surface area contributed by atoms with E-state index in [1.165, 1.54) is 24.0 Å². The fourth-order valence-corrected chi connectivity index (χ4v) is 3.48. The number of hydrogen-bond donors (Lipinski definition) is 1. The molecule has 0 atom stereocenters. The van der Waals surface area contributed by atoms with E-state index in [0.717, 1.165) is 11.0 Å². The number of piperazine rings is 1. The van der Waals surface area contributed by atoms with Crippen LogP contribution in [0.5, 0.6) is 0 Å². The number of aryl methyl sites for hydroxylation is 1. The summed E-state index contributed by atoms with van der Waals surface area (Å²) in [7, 11) is 0. The van der Waals surface area contributed by atoms with Crippen molar-refractivity contribution in [3.05, 3.63) is 68.5 Å². The van der Waals surface area contributed by atoms with Crippen LogP contribution in [0, 0.1) is 46.1 Å². The van der Waals surface area contributed by atoms with E-state index in [-0.39, 0.29) is 42.5 Å². The van der Waals surface area contributed by atoms with Crippen LogP contribution in [0.3, 0.4) is 0 Å². The third kappa shape index (κ3) is 4.33. The molecule has 2 aromatic carbocycles. The Kier molecular flexibility index (Phi) is 6.57. The standard InChI is InChI=1S/C19H15F5N4O3S/c1-9-2-3-10(8-11(9)28(30)31)18(29)25-19(32)27-6-4-26(5-7-27)17-15(23)13(21)12(20)14(22)16(17)24/h2-3,8H,4-7H2,1H3,(H,25,29,32). The largest absolute Gasteiger partial charge is 0.363 e. The molecule has 0 spiro atoms. The van der Waals surface area contributed by atoms with Gasteiger partial charge in [-0.3, -0.25) is 20.2 Å². The highest BCUT2D eigenvalue weighted by molar-refractivity contribution is 7.80. The van der Waals surface area contributed by atoms with Crippen molar-refractivity contribution in [2.24, 2.45) is 0 Å². The summed E-state index contributed by atoms with van der Waals surface area (Å²) in [5.74, 6) is -10.8. The highest BCUT2D eigenvalue weighted by Crippen LogP contribution is 2.30. The van der Waals surface area contributed by atoms with Crippen molar-refractivity contribution < 1.29 is 31.7 Å². The van der Waals surface area contributed by atoms with E-state index in [0.29, 0.717) is 5.56 Å². The topological polar surface area (TPSA) is 78.7 Å². The van der Waals surface area contributed by atoms with Crippen LogP contribution in [0.1, 0.15) is 15.9 Å². The van der Waals surface area contributed by atoms with Crippen molar-refractivity contribution in [3.8, 4) is 0 Å². The Morgan fingerprint density at radius 2 is 1.53 bits per heavy atom. The summed E-state index contributed by atoms with van der Waals surface area (Å²) in [6.07, 6.45) is 0. The van der Waals surface area contributed by atoms with Crippen LogP contribution in [0.4, 0.5) is 33.3 Å². The van der Waals surface area contributed by atoms with Crippen molar-refractivity contribution in [1.82, 2.24) is 10.2 Å². The van der Waals surface area contributed by atoms with Gasteiger partial charge in [-0.15, -0.1) is 0 Å². The Labute approximate surface area is 183 Å². The highest BCUT2D eigenvalue weighted by Gasteiger charge is 2.31. The molecule has 2 aromatic rings. The maximum Gasteiger partial charge on any atom is 0.273 e. The van der Waals surface area contributed by atoms with E-state index in [9.17, 15) is 36.9 Å². The van der Waals surface area contributed by atoms with Gasteiger partial charge in [0.05, 0.1) is 4.92 Å². The molecule has 0 unspecified atom stereocenters. The molecule has 1 aliphatic rings. The van der Waals surface area contributed by atoms with Crippen LogP contribution in [0.2, 0.25) is 0 Å². The molecule has 32 heavy (non-hydrogen) atoms. The molecule has 7 nitrogen and oxygen atoms in total. The SMILES string of the molecule is Cc1ccc(C(=O)NC(=S)N2CCN(c3c(F)c(F)c(F)c(F)c3F)CC2)cc1[N+](=O)[O-]. The number of nitrogens with one attached hydrogen (secondary N) is 1. The number of carbonyl (C=O) groups excluding carboxylic acids is 1. The minimum atomic E-state index is -2.23. The van der Waals surface area contributed by atoms with E-state index in [4.69, 9.17) is 12.2 Å². The van der Waals surface area contributed by atoms with E-state index >= 15 is 0 Å². The lowest BCUT2D eigenvalue weighted by molar-refractivity contribution is -0.385. The molecule has 0 bridgehead atoms. The molecule has 1 N–H and O–H groups in total. The molecular weight excluding hydrogens is 459 g/mol. The van der Waals surface area contributed by atoms with Gasteiger partial charge < -0.3 is 9.80 Å². The van der Waals surface area contributed by atoms with Crippen LogP contribution >= 0.6 is 12.2 Å². The van der Waals surface area contributed by atoms with Crippen molar-refractivity contribution >= 4 is 34.6 Å². The number of nitro groups is 1. The lowest BCUT2D eigenvalue weighted by atomic mass is 10.1. The number of nitro benzene ring substituents is 1. The lowest BCUT2D eigenvalue weighted by Gasteiger charge is -2.37. The number of carbonyl (C=O) groups is 1. The third-order valence-corrected chi connectivity index (χ3v) is 5.32. The average molecular weight is 474 g/mol. The minimum absolute atomic E-state index is 0.00434. The summed E-state index contributed by atoms with van der Waals surface area (Å²) in [5.41, 5.74) is -0.883. The Morgan fingerprint density at radius 3 is 2.06 bits per heavy atom. The summed E-state index contributed by atoms with van der Waals surface area (Å²) in [6, 6.07) is 3.91. The quantitative estimate of drug-likeness (QED) is 0.183. The van der Waals surface area contributed by atoms with Crippen LogP contribution in [-0.4, -0.2) is 47.0 Å². The van der Waals surface area contributed by atoms with Gasteiger partial charge in [-0.25, -0.2) is 22.0 Å². The van der Waals surface area contributed by atoms with Gasteiger partial charge in [0.2, 0.25) is 5.82 Å². The zero-order valence-corrected chi connectivity index (χ0v) is 17.2. The predicted molar refractivity (Wildman–Crippen MR) is 108 cm³/mol. The number of rotatable bonds is 3. The molecule has 0 radical (unpaired) electrons. The molecule has 0 aromatic heterocycles. The summed E-state index contributed by atoms with van der Waals surface area (Å²) >= 11 is 5.15. The maximum atomic E-state index is 14.0. The Morgan fingerprint density at radius 1 is 1.00 bits per heavy atom. The second kappa shape index (κ2) is 9.02. The number of nitrogens with zero attached hydrogens (tertiary/aromatic N) is 3. The predicted octanol–water partition coefficient (Wildman–Crippen LogP) is 3.44. The van der Waals surface area contributed by atoms with Gasteiger partial charge >= 0.3 is 0 Å². The fourth-order valence-electron chi connectivity index (χ4n) is 3.20. The van der Waals surface area contributed by atoms with Crippen molar-refractivity contribution in [2.45, 2.75) is 6.92 Å². The highest BCUT2D eigenvalue weighted by atomic mass is 32.1. The number of halogens is 5. The normalized spacial score (nSPS) is 13.8. The Balaban J connectivity index is 1.68. The number of thiocarbonyl (C=S) groups is 1. The second-order valence-corrected chi connectivity index (χ2v) is 7.30. The summed E-state index contributed by atoms with van der Waals surface area (Å²) < 4.78 is 68.2. The number of amides is 1. The molecule has 1 saturated heterocycles. The van der Waals surface area contributed by atoms with Crippen molar-refractivity contribution in [3.63, 3.8) is 0 Å². The van der Waals surface area contributed by atoms with Gasteiger partial charge in [0, 0.05) is 43.4 Å². The molecule has 1 heterocycles. The third-order valence-electron chi connectivity index (χ3n) is 4.96. The van der Waals surface area contributed by atoms with E-state index < -0.39 is 45.6 Å². The number of hydrogen-bond acceptors (Lipinski definition) is 5. The van der Waals surface area contributed by atoms with Gasteiger partial charge in [0.15, 0.2) is 28.4 Å². The molecule has 1 fully saturated rings. The van der Waals surface area contributed by atoms with Crippen LogP contribution in [0.15, 0.2) is 18.2 Å². The molecule has 13 heteroatoms. The fraction of sp³-hybridized carbons (Fsp3) is 0.263. The van der Waals surface area contributed by atoms with E-state index in [2.05, 4.69) is 5.32 Å². The van der Waals surface area contributed by atoms with E-state index in [1.54, 1.807) is 0 Å².